The molecule has 8 nitrogen and oxygen atoms in total. The average Bonchev–Trinajstić information content (AvgIpc) is 3.03. The molecule has 3 heterocycles. The summed E-state index contributed by atoms with van der Waals surface area (Å²) in [6.45, 7) is 1.79. The largest absolute Gasteiger partial charge is 0.416 e. The van der Waals surface area contributed by atoms with Crippen molar-refractivity contribution in [2.45, 2.75) is 30.4 Å². The summed E-state index contributed by atoms with van der Waals surface area (Å²) in [7, 11) is 1.46. The van der Waals surface area contributed by atoms with Crippen molar-refractivity contribution in [3.8, 4) is 0 Å². The molecule has 0 spiro atoms. The summed E-state index contributed by atoms with van der Waals surface area (Å²) in [5, 5.41) is 11.2. The van der Waals surface area contributed by atoms with Crippen molar-refractivity contribution >= 4 is 23.7 Å². The second-order valence-corrected chi connectivity index (χ2v) is 6.48. The van der Waals surface area contributed by atoms with E-state index in [9.17, 15) is 9.59 Å². The van der Waals surface area contributed by atoms with Crippen molar-refractivity contribution in [2.24, 2.45) is 5.92 Å². The number of carbonyl (C=O) groups excluding carboxylic acids is 2. The molecule has 2 aromatic heterocycles. The summed E-state index contributed by atoms with van der Waals surface area (Å²) < 4.78 is 5.60. The highest BCUT2D eigenvalue weighted by atomic mass is 32.2. The van der Waals surface area contributed by atoms with E-state index in [2.05, 4.69) is 20.5 Å². The smallest absolute Gasteiger partial charge is 0.324 e. The first-order chi connectivity index (χ1) is 11.5. The number of aromatic nitrogens is 3. The highest BCUT2D eigenvalue weighted by Gasteiger charge is 2.37. The summed E-state index contributed by atoms with van der Waals surface area (Å²) in [6, 6.07) is 3.18. The Kier molecular flexibility index (Phi) is 4.79. The Hall–Kier alpha value is -2.42. The molecular weight excluding hydrogens is 330 g/mol. The van der Waals surface area contributed by atoms with Crippen LogP contribution in [0.4, 0.5) is 4.79 Å². The van der Waals surface area contributed by atoms with Crippen molar-refractivity contribution in [3.05, 3.63) is 36.0 Å². The maximum absolute atomic E-state index is 12.2. The van der Waals surface area contributed by atoms with Crippen LogP contribution >= 0.6 is 11.8 Å². The van der Waals surface area contributed by atoms with Gasteiger partial charge in [0.15, 0.2) is 0 Å². The highest BCUT2D eigenvalue weighted by Crippen LogP contribution is 2.23. The van der Waals surface area contributed by atoms with E-state index in [0.717, 1.165) is 10.5 Å². The zero-order valence-electron chi connectivity index (χ0n) is 13.3. The second-order valence-electron chi connectivity index (χ2n) is 5.56. The molecule has 0 radical (unpaired) electrons. The topological polar surface area (TPSA) is 101 Å². The van der Waals surface area contributed by atoms with Crippen LogP contribution in [-0.4, -0.2) is 45.1 Å². The minimum Gasteiger partial charge on any atom is -0.416 e. The van der Waals surface area contributed by atoms with Crippen LogP contribution in [0.15, 0.2) is 34.2 Å². The van der Waals surface area contributed by atoms with Gasteiger partial charge in [0.25, 0.3) is 5.22 Å². The van der Waals surface area contributed by atoms with E-state index in [4.69, 9.17) is 4.42 Å². The van der Waals surface area contributed by atoms with Crippen molar-refractivity contribution in [1.82, 2.24) is 25.4 Å². The van der Waals surface area contributed by atoms with E-state index in [-0.39, 0.29) is 18.0 Å². The Morgan fingerprint density at radius 1 is 1.38 bits per heavy atom. The lowest BCUT2D eigenvalue weighted by Crippen LogP contribution is -2.58. The Labute approximate surface area is 143 Å². The molecule has 1 fully saturated rings. The number of urea groups is 1. The summed E-state index contributed by atoms with van der Waals surface area (Å²) in [5.41, 5.74) is 1.06. The predicted molar refractivity (Wildman–Crippen MR) is 86.1 cm³/mol. The minimum absolute atomic E-state index is 0.242. The van der Waals surface area contributed by atoms with Gasteiger partial charge in [-0.15, -0.1) is 10.2 Å². The number of pyridine rings is 1. The standard InChI is InChI=1S/C15H17N5O3S/c1-9-11(13(21)20(2)14(22)17-9)6-12-18-19-15(23-12)24-8-10-4-3-5-16-7-10/h3-5,7,9,11H,6,8H2,1-2H3,(H,17,22). The first kappa shape index (κ1) is 16.4. The van der Waals surface area contributed by atoms with Crippen LogP contribution in [0.3, 0.4) is 0 Å². The van der Waals surface area contributed by atoms with E-state index in [0.29, 0.717) is 23.3 Å². The van der Waals surface area contributed by atoms with Gasteiger partial charge in [0.2, 0.25) is 11.8 Å². The van der Waals surface area contributed by atoms with Crippen molar-refractivity contribution < 1.29 is 14.0 Å². The fourth-order valence-corrected chi connectivity index (χ4v) is 3.13. The van der Waals surface area contributed by atoms with Crippen LogP contribution in [0.1, 0.15) is 18.4 Å². The highest BCUT2D eigenvalue weighted by molar-refractivity contribution is 7.98. The van der Waals surface area contributed by atoms with E-state index < -0.39 is 5.92 Å². The molecule has 1 saturated heterocycles. The van der Waals surface area contributed by atoms with Crippen LogP contribution in [-0.2, 0) is 17.0 Å². The number of imide groups is 1. The number of carbonyl (C=O) groups is 2. The lowest BCUT2D eigenvalue weighted by molar-refractivity contribution is -0.134. The molecule has 0 aliphatic carbocycles. The van der Waals surface area contributed by atoms with Gasteiger partial charge in [-0.25, -0.2) is 4.79 Å². The number of hydrogen-bond acceptors (Lipinski definition) is 7. The van der Waals surface area contributed by atoms with Gasteiger partial charge in [-0.1, -0.05) is 17.8 Å². The quantitative estimate of drug-likeness (QED) is 0.818. The molecule has 1 N–H and O–H groups in total. The van der Waals surface area contributed by atoms with Crippen LogP contribution in [0.5, 0.6) is 0 Å². The molecule has 1 aliphatic rings. The lowest BCUT2D eigenvalue weighted by atomic mass is 9.94. The summed E-state index contributed by atoms with van der Waals surface area (Å²) in [5.74, 6) is 0.407. The molecule has 0 aromatic carbocycles. The van der Waals surface area contributed by atoms with E-state index in [1.54, 1.807) is 19.3 Å². The second kappa shape index (κ2) is 7.00. The maximum atomic E-state index is 12.2. The maximum Gasteiger partial charge on any atom is 0.324 e. The van der Waals surface area contributed by atoms with Gasteiger partial charge < -0.3 is 9.73 Å². The molecule has 0 saturated carbocycles. The molecule has 3 rings (SSSR count). The van der Waals surface area contributed by atoms with E-state index in [1.807, 2.05) is 12.1 Å². The molecule has 2 aromatic rings. The summed E-state index contributed by atoms with van der Waals surface area (Å²) >= 11 is 1.41. The van der Waals surface area contributed by atoms with Crippen LogP contribution < -0.4 is 5.32 Å². The lowest BCUT2D eigenvalue weighted by Gasteiger charge is -2.33. The number of hydrogen-bond donors (Lipinski definition) is 1. The molecule has 126 valence electrons. The fraction of sp³-hybridized carbons (Fsp3) is 0.400. The van der Waals surface area contributed by atoms with Gasteiger partial charge in [0, 0.05) is 37.7 Å². The van der Waals surface area contributed by atoms with Crippen molar-refractivity contribution in [2.75, 3.05) is 7.05 Å². The zero-order chi connectivity index (χ0) is 17.1. The third kappa shape index (κ3) is 3.56. The SMILES string of the molecule is CC1NC(=O)N(C)C(=O)C1Cc1nnc(SCc2cccnc2)o1. The van der Waals surface area contributed by atoms with Gasteiger partial charge in [0.1, 0.15) is 0 Å². The molecule has 0 bridgehead atoms. The Morgan fingerprint density at radius 3 is 2.96 bits per heavy atom. The van der Waals surface area contributed by atoms with Gasteiger partial charge in [-0.2, -0.15) is 0 Å². The van der Waals surface area contributed by atoms with Crippen LogP contribution in [0.25, 0.3) is 0 Å². The minimum atomic E-state index is -0.413. The van der Waals surface area contributed by atoms with Gasteiger partial charge in [-0.05, 0) is 18.6 Å². The summed E-state index contributed by atoms with van der Waals surface area (Å²) in [6.07, 6.45) is 3.80. The number of nitrogens with zero attached hydrogens (tertiary/aromatic N) is 4. The molecule has 2 atom stereocenters. The van der Waals surface area contributed by atoms with Gasteiger partial charge in [0.05, 0.1) is 5.92 Å². The first-order valence-electron chi connectivity index (χ1n) is 7.46. The summed E-state index contributed by atoms with van der Waals surface area (Å²) in [4.78, 5) is 28.9. The number of nitrogens with one attached hydrogen (secondary N) is 1. The molecular formula is C15H17N5O3S. The number of thioether (sulfide) groups is 1. The number of amides is 3. The van der Waals surface area contributed by atoms with Crippen molar-refractivity contribution in [1.29, 1.82) is 0 Å². The number of rotatable bonds is 5. The third-order valence-electron chi connectivity index (χ3n) is 3.84. The van der Waals surface area contributed by atoms with Crippen LogP contribution in [0.2, 0.25) is 0 Å². The first-order valence-corrected chi connectivity index (χ1v) is 8.45. The molecule has 24 heavy (non-hydrogen) atoms. The van der Waals surface area contributed by atoms with E-state index in [1.165, 1.54) is 18.8 Å². The Bertz CT molecular complexity index is 736. The van der Waals surface area contributed by atoms with Gasteiger partial charge in [-0.3, -0.25) is 14.7 Å². The molecule has 3 amide bonds. The Balaban J connectivity index is 1.61. The zero-order valence-corrected chi connectivity index (χ0v) is 14.1. The molecule has 9 heteroatoms. The van der Waals surface area contributed by atoms with E-state index >= 15 is 0 Å². The van der Waals surface area contributed by atoms with Gasteiger partial charge >= 0.3 is 6.03 Å². The Morgan fingerprint density at radius 2 is 2.21 bits per heavy atom. The normalized spacial score (nSPS) is 21.0. The average molecular weight is 347 g/mol. The predicted octanol–water partition coefficient (Wildman–Crippen LogP) is 1.49. The molecule has 1 aliphatic heterocycles. The monoisotopic (exact) mass is 347 g/mol. The fourth-order valence-electron chi connectivity index (χ4n) is 2.41. The van der Waals surface area contributed by atoms with Crippen LogP contribution in [0, 0.1) is 5.92 Å². The van der Waals surface area contributed by atoms with Crippen molar-refractivity contribution in [3.63, 3.8) is 0 Å². The third-order valence-corrected chi connectivity index (χ3v) is 4.72. The molecule has 2 unspecified atom stereocenters.